The molecule has 1 amide bonds. The molecule has 1 unspecified atom stereocenters. The largest absolute Gasteiger partial charge is 0.368 e. The van der Waals surface area contributed by atoms with E-state index in [4.69, 9.17) is 16.2 Å². The summed E-state index contributed by atoms with van der Waals surface area (Å²) in [6.45, 7) is 10.4. The normalized spacial score (nSPS) is 29.7. The molecule has 110 valence electrons. The first-order chi connectivity index (χ1) is 8.54. The predicted molar refractivity (Wildman–Crippen MR) is 74.5 cm³/mol. The Morgan fingerprint density at radius 3 is 2.11 bits per heavy atom. The van der Waals surface area contributed by atoms with Crippen molar-refractivity contribution in [2.45, 2.75) is 57.3 Å². The molecule has 0 radical (unpaired) electrons. The topological polar surface area (TPSA) is 81.6 Å². The van der Waals surface area contributed by atoms with Crippen LogP contribution in [0.4, 0.5) is 0 Å². The van der Waals surface area contributed by atoms with Crippen molar-refractivity contribution in [2.24, 2.45) is 17.4 Å². The van der Waals surface area contributed by atoms with Gasteiger partial charge in [0.2, 0.25) is 5.91 Å². The molecule has 4 N–H and O–H groups in total. The first-order valence-electron chi connectivity index (χ1n) is 7.05. The number of amides is 1. The number of morpholine rings is 1. The molecule has 1 atom stereocenters. The fourth-order valence-electron chi connectivity index (χ4n) is 3.43. The molecule has 0 aromatic heterocycles. The summed E-state index contributed by atoms with van der Waals surface area (Å²) in [5.74, 6) is -0.129. The zero-order chi connectivity index (χ0) is 14.5. The molecular formula is C14H27N3O2. The zero-order valence-electron chi connectivity index (χ0n) is 12.5. The van der Waals surface area contributed by atoms with Gasteiger partial charge in [-0.3, -0.25) is 9.69 Å². The Kier molecular flexibility index (Phi) is 3.44. The molecule has 5 nitrogen and oxygen atoms in total. The van der Waals surface area contributed by atoms with E-state index in [0.29, 0.717) is 6.54 Å². The molecule has 2 fully saturated rings. The second-order valence-corrected chi connectivity index (χ2v) is 7.45. The summed E-state index contributed by atoms with van der Waals surface area (Å²) in [5, 5.41) is 0. The van der Waals surface area contributed by atoms with Crippen molar-refractivity contribution >= 4 is 5.91 Å². The number of ether oxygens (including phenoxy) is 1. The van der Waals surface area contributed by atoms with Gasteiger partial charge in [0.25, 0.3) is 0 Å². The molecule has 19 heavy (non-hydrogen) atoms. The molecule has 2 rings (SSSR count). The van der Waals surface area contributed by atoms with Gasteiger partial charge in [-0.1, -0.05) is 0 Å². The average Bonchev–Trinajstić information content (AvgIpc) is 2.93. The number of nitrogens with two attached hydrogens (primary N) is 2. The minimum Gasteiger partial charge on any atom is -0.368 e. The molecule has 1 saturated heterocycles. The lowest BCUT2D eigenvalue weighted by Crippen LogP contribution is -2.65. The maximum absolute atomic E-state index is 11.7. The number of rotatable bonds is 4. The summed E-state index contributed by atoms with van der Waals surface area (Å²) >= 11 is 0. The lowest BCUT2D eigenvalue weighted by Gasteiger charge is -2.49. The molecule has 0 bridgehead atoms. The van der Waals surface area contributed by atoms with Gasteiger partial charge in [-0.05, 0) is 46.5 Å². The van der Waals surface area contributed by atoms with Crippen molar-refractivity contribution in [3.63, 3.8) is 0 Å². The number of hydrogen-bond donors (Lipinski definition) is 2. The first kappa shape index (κ1) is 14.8. The van der Waals surface area contributed by atoms with Gasteiger partial charge in [0.15, 0.2) is 0 Å². The van der Waals surface area contributed by atoms with Gasteiger partial charge in [0, 0.05) is 19.6 Å². The molecule has 1 aliphatic heterocycles. The van der Waals surface area contributed by atoms with E-state index in [0.717, 1.165) is 25.9 Å². The summed E-state index contributed by atoms with van der Waals surface area (Å²) in [4.78, 5) is 14.0. The zero-order valence-corrected chi connectivity index (χ0v) is 12.5. The highest BCUT2D eigenvalue weighted by molar-refractivity contribution is 5.85. The molecule has 0 aromatic rings. The number of carbonyl (C=O) groups excluding carboxylic acids is 1. The van der Waals surface area contributed by atoms with Gasteiger partial charge < -0.3 is 16.2 Å². The van der Waals surface area contributed by atoms with E-state index in [2.05, 4.69) is 32.6 Å². The molecular weight excluding hydrogens is 242 g/mol. The monoisotopic (exact) mass is 269 g/mol. The van der Waals surface area contributed by atoms with Crippen LogP contribution in [0.1, 0.15) is 40.5 Å². The minimum absolute atomic E-state index is 0.232. The smallest absolute Gasteiger partial charge is 0.239 e. The lowest BCUT2D eigenvalue weighted by molar-refractivity contribution is -0.183. The highest BCUT2D eigenvalue weighted by Crippen LogP contribution is 2.39. The van der Waals surface area contributed by atoms with Crippen molar-refractivity contribution in [2.75, 3.05) is 19.6 Å². The van der Waals surface area contributed by atoms with E-state index in [9.17, 15) is 4.79 Å². The molecule has 2 aliphatic rings. The van der Waals surface area contributed by atoms with Crippen molar-refractivity contribution in [1.29, 1.82) is 0 Å². The van der Waals surface area contributed by atoms with Crippen LogP contribution in [0.5, 0.6) is 0 Å². The van der Waals surface area contributed by atoms with Crippen LogP contribution in [-0.4, -0.2) is 47.2 Å². The maximum Gasteiger partial charge on any atom is 0.239 e. The van der Waals surface area contributed by atoms with E-state index < -0.39 is 5.54 Å². The average molecular weight is 269 g/mol. The van der Waals surface area contributed by atoms with Crippen LogP contribution in [0, 0.1) is 5.92 Å². The van der Waals surface area contributed by atoms with Gasteiger partial charge in [0.1, 0.15) is 5.54 Å². The third-order valence-corrected chi connectivity index (χ3v) is 4.01. The SMILES string of the molecule is CC1(C)CN(CC(N)(C(N)=O)C2CC2)CC(C)(C)O1. The Labute approximate surface area is 115 Å². The van der Waals surface area contributed by atoms with E-state index in [1.165, 1.54) is 0 Å². The Bertz CT molecular complexity index is 361. The summed E-state index contributed by atoms with van der Waals surface area (Å²) in [5.41, 5.74) is 10.5. The van der Waals surface area contributed by atoms with Crippen molar-refractivity contribution in [3.05, 3.63) is 0 Å². The third-order valence-electron chi connectivity index (χ3n) is 4.01. The van der Waals surface area contributed by atoms with Crippen molar-refractivity contribution in [1.82, 2.24) is 4.90 Å². The van der Waals surface area contributed by atoms with Gasteiger partial charge in [0.05, 0.1) is 11.2 Å². The van der Waals surface area contributed by atoms with E-state index in [1.807, 2.05) is 0 Å². The van der Waals surface area contributed by atoms with Crippen LogP contribution < -0.4 is 11.5 Å². The van der Waals surface area contributed by atoms with Crippen LogP contribution in [0.2, 0.25) is 0 Å². The fourth-order valence-corrected chi connectivity index (χ4v) is 3.43. The number of primary amides is 1. The van der Waals surface area contributed by atoms with E-state index in [-0.39, 0.29) is 23.0 Å². The highest BCUT2D eigenvalue weighted by Gasteiger charge is 2.49. The fraction of sp³-hybridized carbons (Fsp3) is 0.929. The number of hydrogen-bond acceptors (Lipinski definition) is 4. The summed E-state index contributed by atoms with van der Waals surface area (Å²) in [7, 11) is 0. The van der Waals surface area contributed by atoms with E-state index >= 15 is 0 Å². The van der Waals surface area contributed by atoms with Crippen LogP contribution in [0.25, 0.3) is 0 Å². The number of nitrogens with zero attached hydrogens (tertiary/aromatic N) is 1. The van der Waals surface area contributed by atoms with Gasteiger partial charge in [-0.25, -0.2) is 0 Å². The lowest BCUT2D eigenvalue weighted by atomic mass is 9.90. The van der Waals surface area contributed by atoms with E-state index in [1.54, 1.807) is 0 Å². The van der Waals surface area contributed by atoms with Crippen LogP contribution in [0.15, 0.2) is 0 Å². The molecule has 1 saturated carbocycles. The Morgan fingerprint density at radius 1 is 1.26 bits per heavy atom. The second-order valence-electron chi connectivity index (χ2n) is 7.45. The molecule has 1 aliphatic carbocycles. The second kappa shape index (κ2) is 4.43. The van der Waals surface area contributed by atoms with Gasteiger partial charge in [-0.15, -0.1) is 0 Å². The standard InChI is InChI=1S/C14H27N3O2/c1-12(2)7-17(8-13(3,4)19-12)9-14(16,11(15)18)10-5-6-10/h10H,5-9,16H2,1-4H3,(H2,15,18). The summed E-state index contributed by atoms with van der Waals surface area (Å²) < 4.78 is 6.04. The predicted octanol–water partition coefficient (Wildman–Crippen LogP) is 0.469. The van der Waals surface area contributed by atoms with Crippen LogP contribution >= 0.6 is 0 Å². The van der Waals surface area contributed by atoms with Gasteiger partial charge in [-0.2, -0.15) is 0 Å². The quantitative estimate of drug-likeness (QED) is 0.777. The van der Waals surface area contributed by atoms with Gasteiger partial charge >= 0.3 is 0 Å². The number of carbonyl (C=O) groups is 1. The highest BCUT2D eigenvalue weighted by atomic mass is 16.5. The molecule has 5 heteroatoms. The van der Waals surface area contributed by atoms with Crippen LogP contribution in [0.3, 0.4) is 0 Å². The molecule has 0 aromatic carbocycles. The third kappa shape index (κ3) is 3.27. The molecule has 0 spiro atoms. The Balaban J connectivity index is 2.11. The maximum atomic E-state index is 11.7. The molecule has 1 heterocycles. The summed E-state index contributed by atoms with van der Waals surface area (Å²) in [6, 6.07) is 0. The minimum atomic E-state index is -0.885. The van der Waals surface area contributed by atoms with Crippen molar-refractivity contribution in [3.8, 4) is 0 Å². The van der Waals surface area contributed by atoms with Crippen LogP contribution in [-0.2, 0) is 9.53 Å². The Hall–Kier alpha value is -0.650. The van der Waals surface area contributed by atoms with Crippen molar-refractivity contribution < 1.29 is 9.53 Å². The summed E-state index contributed by atoms with van der Waals surface area (Å²) in [6.07, 6.45) is 2.02. The Morgan fingerprint density at radius 2 is 1.74 bits per heavy atom. The first-order valence-corrected chi connectivity index (χ1v) is 7.05.